The van der Waals surface area contributed by atoms with Crippen LogP contribution in [0, 0.1) is 11.8 Å². The summed E-state index contributed by atoms with van der Waals surface area (Å²) in [6.45, 7) is 2.56. The molecule has 6 atom stereocenters. The second-order valence-electron chi connectivity index (χ2n) is 10.4. The molecule has 0 saturated carbocycles. The quantitative estimate of drug-likeness (QED) is 0.631. The number of nitrogens with zero attached hydrogens (tertiary/aromatic N) is 3. The largest absolute Gasteiger partial charge is 0.394 e. The average molecular weight is 518 g/mol. The van der Waals surface area contributed by atoms with Crippen molar-refractivity contribution in [3.8, 4) is 0 Å². The molecule has 0 aliphatic carbocycles. The molecule has 0 aromatic heterocycles. The third kappa shape index (κ3) is 3.49. The van der Waals surface area contributed by atoms with Crippen LogP contribution in [0.1, 0.15) is 13.3 Å². The number of hydrogen-bond acceptors (Lipinski definition) is 5. The van der Waals surface area contributed by atoms with Crippen molar-refractivity contribution in [3.63, 3.8) is 0 Å². The number of likely N-dealkylation sites (tertiary alicyclic amines) is 1. The van der Waals surface area contributed by atoms with Gasteiger partial charge in [0.15, 0.2) is 0 Å². The predicted octanol–water partition coefficient (Wildman–Crippen LogP) is 2.84. The van der Waals surface area contributed by atoms with Gasteiger partial charge in [-0.2, -0.15) is 0 Å². The van der Waals surface area contributed by atoms with Crippen LogP contribution in [0.3, 0.4) is 0 Å². The van der Waals surface area contributed by atoms with Crippen LogP contribution in [0.4, 0.5) is 5.69 Å². The summed E-state index contributed by atoms with van der Waals surface area (Å²) in [5.41, 5.74) is 0.770. The van der Waals surface area contributed by atoms with Gasteiger partial charge in [0.2, 0.25) is 11.8 Å². The van der Waals surface area contributed by atoms with Crippen LogP contribution in [-0.4, -0.2) is 81.5 Å². The highest BCUT2D eigenvalue weighted by molar-refractivity contribution is 8.02. The average Bonchev–Trinajstić information content (AvgIpc) is 3.23. The monoisotopic (exact) mass is 517 g/mol. The van der Waals surface area contributed by atoms with Gasteiger partial charge in [-0.05, 0) is 29.3 Å². The molecule has 6 rings (SSSR count). The molecule has 4 heterocycles. The van der Waals surface area contributed by atoms with E-state index in [0.717, 1.165) is 16.5 Å². The molecule has 8 heteroatoms. The zero-order valence-electron chi connectivity index (χ0n) is 21.0. The maximum absolute atomic E-state index is 14.5. The number of rotatable bonds is 4. The van der Waals surface area contributed by atoms with Crippen molar-refractivity contribution < 1.29 is 19.5 Å². The summed E-state index contributed by atoms with van der Waals surface area (Å²) in [6, 6.07) is 12.7. The van der Waals surface area contributed by atoms with Crippen molar-refractivity contribution >= 4 is 45.9 Å². The summed E-state index contributed by atoms with van der Waals surface area (Å²) in [7, 11) is 1.76. The lowest BCUT2D eigenvalue weighted by Gasteiger charge is -2.38. The van der Waals surface area contributed by atoms with Crippen LogP contribution in [0.15, 0.2) is 66.8 Å². The molecular weight excluding hydrogens is 486 g/mol. The van der Waals surface area contributed by atoms with Gasteiger partial charge < -0.3 is 19.8 Å². The van der Waals surface area contributed by atoms with Crippen molar-refractivity contribution in [2.45, 2.75) is 35.4 Å². The van der Waals surface area contributed by atoms with Crippen molar-refractivity contribution in [2.24, 2.45) is 11.8 Å². The third-order valence-corrected chi connectivity index (χ3v) is 10.2. The van der Waals surface area contributed by atoms with Gasteiger partial charge in [0.05, 0.1) is 29.2 Å². The summed E-state index contributed by atoms with van der Waals surface area (Å²) in [6.07, 6.45) is 8.53. The number of amides is 3. The van der Waals surface area contributed by atoms with E-state index >= 15 is 0 Å². The highest BCUT2D eigenvalue weighted by Crippen LogP contribution is 2.61. The van der Waals surface area contributed by atoms with E-state index in [1.165, 1.54) is 0 Å². The molecule has 1 N–H and O–H groups in total. The molecule has 37 heavy (non-hydrogen) atoms. The Morgan fingerprint density at radius 2 is 1.81 bits per heavy atom. The number of aliphatic hydroxyl groups is 1. The molecule has 3 amide bonds. The Hall–Kier alpha value is -3.10. The molecule has 2 aromatic carbocycles. The first-order valence-electron chi connectivity index (χ1n) is 12.9. The van der Waals surface area contributed by atoms with Gasteiger partial charge >= 0.3 is 0 Å². The Kier molecular flexibility index (Phi) is 5.92. The minimum atomic E-state index is -0.879. The smallest absolute Gasteiger partial charge is 0.251 e. The molecule has 2 aromatic rings. The Morgan fingerprint density at radius 3 is 2.57 bits per heavy atom. The fraction of sp³-hybridized carbons (Fsp3) is 0.414. The molecular formula is C29H31N3O4S. The third-order valence-electron chi connectivity index (χ3n) is 8.42. The van der Waals surface area contributed by atoms with Gasteiger partial charge in [0.25, 0.3) is 5.91 Å². The zero-order valence-corrected chi connectivity index (χ0v) is 21.8. The van der Waals surface area contributed by atoms with Gasteiger partial charge in [0.1, 0.15) is 6.04 Å². The number of fused-ring (bicyclic) bond motifs is 3. The summed E-state index contributed by atoms with van der Waals surface area (Å²) in [4.78, 5) is 47.2. The highest BCUT2D eigenvalue weighted by Gasteiger charge is 2.71. The second kappa shape index (κ2) is 9.03. The Balaban J connectivity index is 1.48. The normalized spacial score (nSPS) is 31.9. The van der Waals surface area contributed by atoms with Gasteiger partial charge in [-0.3, -0.25) is 14.4 Å². The highest BCUT2D eigenvalue weighted by atomic mass is 32.2. The van der Waals surface area contributed by atoms with E-state index < -0.39 is 28.7 Å². The van der Waals surface area contributed by atoms with Crippen molar-refractivity contribution in [2.75, 3.05) is 31.6 Å². The Morgan fingerprint density at radius 1 is 1.03 bits per heavy atom. The van der Waals surface area contributed by atoms with Gasteiger partial charge in [-0.15, -0.1) is 11.8 Å². The van der Waals surface area contributed by atoms with Crippen LogP contribution < -0.4 is 4.90 Å². The maximum Gasteiger partial charge on any atom is 0.251 e. The van der Waals surface area contributed by atoms with E-state index in [0.29, 0.717) is 19.5 Å². The molecule has 7 nitrogen and oxygen atoms in total. The van der Waals surface area contributed by atoms with Gasteiger partial charge in [-0.1, -0.05) is 61.6 Å². The van der Waals surface area contributed by atoms with Crippen LogP contribution in [0.25, 0.3) is 10.8 Å². The van der Waals surface area contributed by atoms with Crippen molar-refractivity contribution in [1.29, 1.82) is 0 Å². The number of carbonyl (C=O) groups excluding carboxylic acids is 3. The molecule has 1 unspecified atom stereocenters. The predicted molar refractivity (Wildman–Crippen MR) is 145 cm³/mol. The summed E-state index contributed by atoms with van der Waals surface area (Å²) >= 11 is 1.57. The number of benzene rings is 2. The van der Waals surface area contributed by atoms with E-state index in [1.54, 1.807) is 33.5 Å². The minimum Gasteiger partial charge on any atom is -0.394 e. The number of thioether (sulfide) groups is 1. The topological polar surface area (TPSA) is 81.2 Å². The Labute approximate surface area is 220 Å². The van der Waals surface area contributed by atoms with E-state index in [2.05, 4.69) is 0 Å². The van der Waals surface area contributed by atoms with Crippen molar-refractivity contribution in [3.05, 3.63) is 66.8 Å². The SMILES string of the molecule is CC[C@@H](CO)N1C(=O)[C@@H]2[C@@H]3C(=O)N(C)CC=C[C@@H]3S[C@@]23C=CCN(c2ccc4ccccc4c2)C(=O)C13. The molecule has 2 fully saturated rings. The summed E-state index contributed by atoms with van der Waals surface area (Å²) < 4.78 is -0.879. The molecule has 4 aliphatic rings. The molecule has 192 valence electrons. The molecule has 1 spiro atoms. The summed E-state index contributed by atoms with van der Waals surface area (Å²) in [5, 5.41) is 12.2. The lowest BCUT2D eigenvalue weighted by molar-refractivity contribution is -0.144. The number of likely N-dealkylation sites (N-methyl/N-ethyl adjacent to an activating group) is 1. The van der Waals surface area contributed by atoms with E-state index in [-0.39, 0.29) is 29.6 Å². The number of anilines is 1. The van der Waals surface area contributed by atoms with E-state index in [4.69, 9.17) is 0 Å². The first kappa shape index (κ1) is 24.2. The lowest BCUT2D eigenvalue weighted by atomic mass is 9.78. The van der Waals surface area contributed by atoms with Gasteiger partial charge in [-0.25, -0.2) is 0 Å². The van der Waals surface area contributed by atoms with E-state index in [1.807, 2.05) is 73.7 Å². The fourth-order valence-corrected chi connectivity index (χ4v) is 8.58. The lowest BCUT2D eigenvalue weighted by Crippen LogP contribution is -2.56. The summed E-state index contributed by atoms with van der Waals surface area (Å²) in [5.74, 6) is -1.65. The number of carbonyl (C=O) groups is 3. The minimum absolute atomic E-state index is 0.0631. The number of hydrogen-bond donors (Lipinski definition) is 1. The van der Waals surface area contributed by atoms with Crippen LogP contribution in [0.2, 0.25) is 0 Å². The van der Waals surface area contributed by atoms with Crippen LogP contribution in [0.5, 0.6) is 0 Å². The van der Waals surface area contributed by atoms with Crippen molar-refractivity contribution in [1.82, 2.24) is 9.80 Å². The van der Waals surface area contributed by atoms with E-state index in [9.17, 15) is 19.5 Å². The molecule has 2 saturated heterocycles. The Bertz CT molecular complexity index is 1340. The standard InChI is InChI=1S/C29H31N3O4S/c1-3-20(17-33)32-25-28(36)31(21-12-11-18-8-4-5-9-19(18)16-21)15-7-13-29(25)24(27(32)35)23-22(37-29)10-6-14-30(2)26(23)34/h4-13,16,20,22-25,33H,3,14-15,17H2,1-2H3/t20-,22-,23+,24-,25?,29-/m0/s1. The fourth-order valence-electron chi connectivity index (χ4n) is 6.59. The maximum atomic E-state index is 14.5. The molecule has 4 aliphatic heterocycles. The zero-order chi connectivity index (χ0) is 25.9. The molecule has 0 radical (unpaired) electrons. The number of aliphatic hydroxyl groups excluding tert-OH is 1. The van der Waals surface area contributed by atoms with Gasteiger partial charge in [0, 0.05) is 31.1 Å². The van der Waals surface area contributed by atoms with Crippen LogP contribution in [-0.2, 0) is 14.4 Å². The molecule has 0 bridgehead atoms. The second-order valence-corrected chi connectivity index (χ2v) is 11.8. The first-order valence-corrected chi connectivity index (χ1v) is 13.8. The van der Waals surface area contributed by atoms with Crippen LogP contribution >= 0.6 is 11.8 Å². The first-order chi connectivity index (χ1) is 17.9.